The van der Waals surface area contributed by atoms with E-state index in [2.05, 4.69) is 10.3 Å². The number of pyridine rings is 1. The van der Waals surface area contributed by atoms with E-state index in [1.54, 1.807) is 12.3 Å². The molecule has 1 aliphatic heterocycles. The van der Waals surface area contributed by atoms with E-state index in [9.17, 15) is 13.2 Å². The van der Waals surface area contributed by atoms with Crippen molar-refractivity contribution in [2.24, 2.45) is 0 Å². The molecular weight excluding hydrogens is 302 g/mol. The minimum atomic E-state index is -2.94. The van der Waals surface area contributed by atoms with E-state index in [1.807, 2.05) is 32.7 Å². The van der Waals surface area contributed by atoms with E-state index in [4.69, 9.17) is 0 Å². The second-order valence-corrected chi connectivity index (χ2v) is 9.03. The molecule has 1 saturated heterocycles. The third-order valence-corrected chi connectivity index (χ3v) is 5.39. The smallest absolute Gasteiger partial charge is 0.253 e. The number of nitrogens with zero attached hydrogens (tertiary/aromatic N) is 2. The van der Waals surface area contributed by atoms with Crippen LogP contribution in [0.3, 0.4) is 0 Å². The van der Waals surface area contributed by atoms with Crippen LogP contribution in [-0.2, 0) is 9.84 Å². The van der Waals surface area contributed by atoms with Gasteiger partial charge in [0.05, 0.1) is 29.0 Å². The van der Waals surface area contributed by atoms with Crippen LogP contribution in [0, 0.1) is 0 Å². The third-order valence-electron chi connectivity index (χ3n) is 3.64. The van der Waals surface area contributed by atoms with Crippen molar-refractivity contribution < 1.29 is 13.2 Å². The Kier molecular flexibility index (Phi) is 4.47. The number of anilines is 1. The van der Waals surface area contributed by atoms with Crippen LogP contribution in [0.15, 0.2) is 18.5 Å². The molecule has 6 nitrogen and oxygen atoms in total. The molecule has 7 heteroatoms. The average molecular weight is 325 g/mol. The molecule has 0 spiro atoms. The first kappa shape index (κ1) is 16.7. The highest BCUT2D eigenvalue weighted by Gasteiger charge is 2.31. The molecule has 0 radical (unpaired) electrons. The molecule has 2 rings (SSSR count). The Morgan fingerprint density at radius 1 is 1.36 bits per heavy atom. The summed E-state index contributed by atoms with van der Waals surface area (Å²) in [6, 6.07) is 1.69. The van der Waals surface area contributed by atoms with Gasteiger partial charge >= 0.3 is 0 Å². The van der Waals surface area contributed by atoms with Crippen LogP contribution in [-0.4, -0.2) is 49.4 Å². The predicted octanol–water partition coefficient (Wildman–Crippen LogP) is 1.23. The summed E-state index contributed by atoms with van der Waals surface area (Å²) in [6.45, 7) is 5.74. The predicted molar refractivity (Wildman–Crippen MR) is 86.9 cm³/mol. The van der Waals surface area contributed by atoms with Gasteiger partial charge < -0.3 is 10.2 Å². The van der Waals surface area contributed by atoms with Crippen molar-refractivity contribution >= 4 is 21.4 Å². The summed E-state index contributed by atoms with van der Waals surface area (Å²) >= 11 is 0. The Balaban J connectivity index is 2.16. The number of hydrogen-bond acceptors (Lipinski definition) is 5. The van der Waals surface area contributed by atoms with Crippen molar-refractivity contribution in [3.63, 3.8) is 0 Å². The van der Waals surface area contributed by atoms with Crippen molar-refractivity contribution in [1.29, 1.82) is 0 Å². The summed E-state index contributed by atoms with van der Waals surface area (Å²) < 4.78 is 23.2. The topological polar surface area (TPSA) is 79.4 Å². The molecule has 0 bridgehead atoms. The number of amides is 1. The van der Waals surface area contributed by atoms with Crippen molar-refractivity contribution in [2.75, 3.05) is 23.5 Å². The number of aromatic nitrogens is 1. The standard InChI is InChI=1S/C15H23N3O3S/c1-15(2,3)17-14(19)11-7-13(9-16-8-11)18(4)12-5-6-22(20,21)10-12/h7-9,12H,5-6,10H2,1-4H3,(H,17,19). The van der Waals surface area contributed by atoms with Crippen LogP contribution in [0.4, 0.5) is 5.69 Å². The normalized spacial score (nSPS) is 20.6. The zero-order chi connectivity index (χ0) is 16.5. The van der Waals surface area contributed by atoms with Crippen molar-refractivity contribution in [2.45, 2.75) is 38.8 Å². The minimum absolute atomic E-state index is 0.0623. The van der Waals surface area contributed by atoms with Crippen LogP contribution in [0.25, 0.3) is 0 Å². The molecule has 1 aliphatic rings. The van der Waals surface area contributed by atoms with Gasteiger partial charge in [-0.2, -0.15) is 0 Å². The minimum Gasteiger partial charge on any atom is -0.369 e. The van der Waals surface area contributed by atoms with Gasteiger partial charge in [-0.05, 0) is 33.3 Å². The van der Waals surface area contributed by atoms with Gasteiger partial charge in [0.2, 0.25) is 0 Å². The van der Waals surface area contributed by atoms with E-state index in [0.29, 0.717) is 12.0 Å². The highest BCUT2D eigenvalue weighted by atomic mass is 32.2. The highest BCUT2D eigenvalue weighted by molar-refractivity contribution is 7.91. The maximum Gasteiger partial charge on any atom is 0.253 e. The zero-order valence-electron chi connectivity index (χ0n) is 13.5. The van der Waals surface area contributed by atoms with Crippen molar-refractivity contribution in [3.8, 4) is 0 Å². The van der Waals surface area contributed by atoms with Crippen LogP contribution in [0.5, 0.6) is 0 Å². The Morgan fingerprint density at radius 3 is 2.59 bits per heavy atom. The van der Waals surface area contributed by atoms with Gasteiger partial charge in [0.1, 0.15) is 0 Å². The lowest BCUT2D eigenvalue weighted by molar-refractivity contribution is 0.0919. The molecule has 2 heterocycles. The summed E-state index contributed by atoms with van der Waals surface area (Å²) in [5, 5.41) is 2.89. The van der Waals surface area contributed by atoms with Gasteiger partial charge in [-0.15, -0.1) is 0 Å². The number of hydrogen-bond donors (Lipinski definition) is 1. The molecule has 0 aliphatic carbocycles. The largest absolute Gasteiger partial charge is 0.369 e. The lowest BCUT2D eigenvalue weighted by Crippen LogP contribution is -2.40. The first-order chi connectivity index (χ1) is 10.1. The Labute approximate surface area is 131 Å². The number of carbonyl (C=O) groups is 1. The maximum absolute atomic E-state index is 12.2. The average Bonchev–Trinajstić information content (AvgIpc) is 2.76. The second-order valence-electron chi connectivity index (χ2n) is 6.80. The molecule has 1 aromatic rings. The molecule has 1 amide bonds. The SMILES string of the molecule is CN(c1cncc(C(=O)NC(C)(C)C)c1)C1CCS(=O)(=O)C1. The Morgan fingerprint density at radius 2 is 2.05 bits per heavy atom. The van der Waals surface area contributed by atoms with Gasteiger partial charge in [0, 0.05) is 24.8 Å². The van der Waals surface area contributed by atoms with Gasteiger partial charge in [-0.25, -0.2) is 8.42 Å². The second kappa shape index (κ2) is 5.87. The van der Waals surface area contributed by atoms with Gasteiger partial charge in [-0.1, -0.05) is 0 Å². The van der Waals surface area contributed by atoms with E-state index in [1.165, 1.54) is 6.20 Å². The van der Waals surface area contributed by atoms with E-state index >= 15 is 0 Å². The van der Waals surface area contributed by atoms with E-state index in [-0.39, 0.29) is 29.0 Å². The number of carbonyl (C=O) groups excluding carboxylic acids is 1. The molecule has 0 saturated carbocycles. The monoisotopic (exact) mass is 325 g/mol. The van der Waals surface area contributed by atoms with Crippen LogP contribution >= 0.6 is 0 Å². The fourth-order valence-electron chi connectivity index (χ4n) is 2.45. The van der Waals surface area contributed by atoms with Gasteiger partial charge in [-0.3, -0.25) is 9.78 Å². The molecule has 1 unspecified atom stereocenters. The maximum atomic E-state index is 12.2. The summed E-state index contributed by atoms with van der Waals surface area (Å²) in [5.41, 5.74) is 0.905. The first-order valence-corrected chi connectivity index (χ1v) is 9.10. The number of rotatable bonds is 3. The van der Waals surface area contributed by atoms with Crippen molar-refractivity contribution in [1.82, 2.24) is 10.3 Å². The van der Waals surface area contributed by atoms with E-state index < -0.39 is 9.84 Å². The third kappa shape index (κ3) is 4.19. The van der Waals surface area contributed by atoms with E-state index in [0.717, 1.165) is 5.69 Å². The highest BCUT2D eigenvalue weighted by Crippen LogP contribution is 2.23. The summed E-state index contributed by atoms with van der Waals surface area (Å²) in [7, 11) is -1.10. The molecule has 1 atom stereocenters. The van der Waals surface area contributed by atoms with Crippen LogP contribution in [0.2, 0.25) is 0 Å². The summed E-state index contributed by atoms with van der Waals surface area (Å²) in [5.74, 6) is 0.191. The van der Waals surface area contributed by atoms with Gasteiger partial charge in [0.25, 0.3) is 5.91 Å². The number of nitrogens with one attached hydrogen (secondary N) is 1. The fraction of sp³-hybridized carbons (Fsp3) is 0.600. The molecule has 1 aromatic heterocycles. The van der Waals surface area contributed by atoms with Crippen LogP contribution < -0.4 is 10.2 Å². The van der Waals surface area contributed by atoms with Crippen LogP contribution in [0.1, 0.15) is 37.6 Å². The Hall–Kier alpha value is -1.63. The molecule has 122 valence electrons. The summed E-state index contributed by atoms with van der Waals surface area (Å²) in [4.78, 5) is 18.2. The van der Waals surface area contributed by atoms with Crippen molar-refractivity contribution in [3.05, 3.63) is 24.0 Å². The molecule has 1 N–H and O–H groups in total. The zero-order valence-corrected chi connectivity index (χ0v) is 14.3. The summed E-state index contributed by atoms with van der Waals surface area (Å²) in [6.07, 6.45) is 3.78. The Bertz CT molecular complexity index is 665. The molecule has 1 fully saturated rings. The molecule has 0 aromatic carbocycles. The van der Waals surface area contributed by atoms with Gasteiger partial charge in [0.15, 0.2) is 9.84 Å². The lowest BCUT2D eigenvalue weighted by atomic mass is 10.1. The molecule has 22 heavy (non-hydrogen) atoms. The fourth-order valence-corrected chi connectivity index (χ4v) is 4.22. The lowest BCUT2D eigenvalue weighted by Gasteiger charge is -2.26. The number of sulfone groups is 1. The quantitative estimate of drug-likeness (QED) is 0.904. The first-order valence-electron chi connectivity index (χ1n) is 7.28. The molecular formula is C15H23N3O3S.